The second-order valence-corrected chi connectivity index (χ2v) is 7.79. The van der Waals surface area contributed by atoms with E-state index in [1.54, 1.807) is 0 Å². The first-order valence-electron chi connectivity index (χ1n) is 10.5. The summed E-state index contributed by atoms with van der Waals surface area (Å²) in [5, 5.41) is 6.93. The molecule has 156 valence electrons. The van der Waals surface area contributed by atoms with E-state index in [1.807, 2.05) is 24.3 Å². The zero-order chi connectivity index (χ0) is 20.4. The van der Waals surface area contributed by atoms with Crippen LogP contribution in [0.25, 0.3) is 0 Å². The molecule has 0 spiro atoms. The summed E-state index contributed by atoms with van der Waals surface area (Å²) in [5.41, 5.74) is 6.15. The third-order valence-electron chi connectivity index (χ3n) is 5.59. The fourth-order valence-corrected chi connectivity index (χ4v) is 3.79. The molecule has 1 aromatic rings. The van der Waals surface area contributed by atoms with E-state index in [-0.39, 0.29) is 6.61 Å². The van der Waals surface area contributed by atoms with Crippen LogP contribution < -0.4 is 21.1 Å². The molecule has 4 N–H and O–H groups in total. The van der Waals surface area contributed by atoms with Crippen LogP contribution in [-0.2, 0) is 11.3 Å². The Labute approximate surface area is 169 Å². The van der Waals surface area contributed by atoms with Gasteiger partial charge < -0.3 is 21.1 Å². The van der Waals surface area contributed by atoms with Gasteiger partial charge in [-0.05, 0) is 43.4 Å². The highest BCUT2D eigenvalue weighted by atomic mass is 16.5. The molecule has 0 radical (unpaired) electrons. The van der Waals surface area contributed by atoms with Crippen molar-refractivity contribution >= 4 is 11.9 Å². The van der Waals surface area contributed by atoms with Crippen molar-refractivity contribution in [2.45, 2.75) is 65.5 Å². The Bertz CT molecular complexity index is 641. The predicted molar refractivity (Wildman–Crippen MR) is 114 cm³/mol. The Morgan fingerprint density at radius 3 is 2.71 bits per heavy atom. The van der Waals surface area contributed by atoms with Crippen LogP contribution in [-0.4, -0.2) is 31.1 Å². The lowest BCUT2D eigenvalue weighted by atomic mass is 9.78. The Morgan fingerprint density at radius 2 is 2.04 bits per heavy atom. The number of aliphatic imine (C=N–C) groups is 1. The molecule has 2 unspecified atom stereocenters. The molecule has 0 saturated heterocycles. The Kier molecular flexibility index (Phi) is 9.11. The number of primary amides is 1. The third kappa shape index (κ3) is 7.41. The molecule has 1 saturated carbocycles. The van der Waals surface area contributed by atoms with E-state index >= 15 is 0 Å². The summed E-state index contributed by atoms with van der Waals surface area (Å²) in [6.07, 6.45) is 6.81. The second-order valence-electron chi connectivity index (χ2n) is 7.79. The number of carbonyl (C=O) groups excluding carboxylic acids is 1. The summed E-state index contributed by atoms with van der Waals surface area (Å²) in [7, 11) is 0. The molecule has 2 rings (SSSR count). The first kappa shape index (κ1) is 22.1. The molecule has 0 heterocycles. The number of hydrogen-bond donors (Lipinski definition) is 3. The highest BCUT2D eigenvalue weighted by Crippen LogP contribution is 2.31. The molecule has 0 bridgehead atoms. The fraction of sp³-hybridized carbons (Fsp3) is 0.636. The van der Waals surface area contributed by atoms with Gasteiger partial charge in [0.25, 0.3) is 5.91 Å². The van der Waals surface area contributed by atoms with Crippen molar-refractivity contribution in [2.75, 3.05) is 13.2 Å². The Balaban J connectivity index is 1.95. The van der Waals surface area contributed by atoms with Crippen molar-refractivity contribution in [3.63, 3.8) is 0 Å². The number of nitrogens with zero attached hydrogens (tertiary/aromatic N) is 1. The van der Waals surface area contributed by atoms with E-state index in [2.05, 4.69) is 31.4 Å². The summed E-state index contributed by atoms with van der Waals surface area (Å²) in [4.78, 5) is 15.6. The molecule has 1 aliphatic carbocycles. The predicted octanol–water partition coefficient (Wildman–Crippen LogP) is 3.21. The maximum atomic E-state index is 10.9. The van der Waals surface area contributed by atoms with Crippen molar-refractivity contribution in [2.24, 2.45) is 22.6 Å². The molecule has 1 fully saturated rings. The highest BCUT2D eigenvalue weighted by molar-refractivity contribution is 5.80. The molecule has 0 aliphatic heterocycles. The van der Waals surface area contributed by atoms with Crippen molar-refractivity contribution in [1.29, 1.82) is 0 Å². The van der Waals surface area contributed by atoms with Gasteiger partial charge in [0, 0.05) is 12.6 Å². The Hall–Kier alpha value is -2.24. The van der Waals surface area contributed by atoms with Crippen LogP contribution in [0.3, 0.4) is 0 Å². The van der Waals surface area contributed by atoms with Gasteiger partial charge >= 0.3 is 0 Å². The number of nitrogens with one attached hydrogen (secondary N) is 2. The first-order chi connectivity index (χ1) is 13.5. The molecule has 6 heteroatoms. The van der Waals surface area contributed by atoms with Crippen molar-refractivity contribution < 1.29 is 9.53 Å². The smallest absolute Gasteiger partial charge is 0.255 e. The number of amides is 1. The molecule has 1 aliphatic rings. The maximum Gasteiger partial charge on any atom is 0.255 e. The van der Waals surface area contributed by atoms with Gasteiger partial charge in [-0.15, -0.1) is 0 Å². The molecule has 1 amide bonds. The summed E-state index contributed by atoms with van der Waals surface area (Å²) in [5.74, 6) is 2.40. The van der Waals surface area contributed by atoms with Crippen LogP contribution in [0.5, 0.6) is 5.75 Å². The summed E-state index contributed by atoms with van der Waals surface area (Å²) in [6, 6.07) is 7.97. The molecule has 0 aromatic heterocycles. The lowest BCUT2D eigenvalue weighted by Gasteiger charge is -2.33. The highest BCUT2D eigenvalue weighted by Gasteiger charge is 2.24. The maximum absolute atomic E-state index is 10.9. The van der Waals surface area contributed by atoms with Crippen molar-refractivity contribution in [1.82, 2.24) is 10.6 Å². The van der Waals surface area contributed by atoms with Crippen LogP contribution >= 0.6 is 0 Å². The average molecular weight is 389 g/mol. The third-order valence-corrected chi connectivity index (χ3v) is 5.59. The van der Waals surface area contributed by atoms with Crippen molar-refractivity contribution in [3.05, 3.63) is 29.8 Å². The monoisotopic (exact) mass is 388 g/mol. The van der Waals surface area contributed by atoms with Gasteiger partial charge in [-0.25, -0.2) is 4.99 Å². The lowest BCUT2D eigenvalue weighted by molar-refractivity contribution is -0.119. The minimum atomic E-state index is -0.483. The normalized spacial score (nSPS) is 17.6. The van der Waals surface area contributed by atoms with Gasteiger partial charge in [0.15, 0.2) is 12.6 Å². The Morgan fingerprint density at radius 1 is 1.29 bits per heavy atom. The lowest BCUT2D eigenvalue weighted by Crippen LogP contribution is -2.46. The zero-order valence-corrected chi connectivity index (χ0v) is 17.5. The van der Waals surface area contributed by atoms with Crippen molar-refractivity contribution in [3.8, 4) is 5.75 Å². The molecular formula is C22H36N4O2. The van der Waals surface area contributed by atoms with Crippen LogP contribution in [0.2, 0.25) is 0 Å². The number of guanidine groups is 1. The van der Waals surface area contributed by atoms with E-state index in [0.717, 1.165) is 24.0 Å². The zero-order valence-electron chi connectivity index (χ0n) is 17.5. The first-order valence-corrected chi connectivity index (χ1v) is 10.5. The number of benzene rings is 1. The molecule has 6 nitrogen and oxygen atoms in total. The average Bonchev–Trinajstić information content (AvgIpc) is 2.71. The van der Waals surface area contributed by atoms with Gasteiger partial charge in [0.05, 0.1) is 6.54 Å². The molecule has 2 atom stereocenters. The van der Waals surface area contributed by atoms with Gasteiger partial charge in [-0.3, -0.25) is 4.79 Å². The van der Waals surface area contributed by atoms with E-state index in [0.29, 0.717) is 24.3 Å². The summed E-state index contributed by atoms with van der Waals surface area (Å²) < 4.78 is 5.37. The number of carbonyl (C=O) groups is 1. The molecule has 28 heavy (non-hydrogen) atoms. The SMILES string of the molecule is CCNC(=NCc1cccc(OCC(N)=O)c1)NC(C)C(C)C1CCCCC1. The van der Waals surface area contributed by atoms with E-state index in [9.17, 15) is 4.79 Å². The quantitative estimate of drug-likeness (QED) is 0.448. The van der Waals surface area contributed by atoms with Gasteiger partial charge in [0.2, 0.25) is 0 Å². The van der Waals surface area contributed by atoms with Crippen LogP contribution in [0.1, 0.15) is 58.4 Å². The van der Waals surface area contributed by atoms with E-state index in [1.165, 1.54) is 32.1 Å². The number of rotatable bonds is 9. The van der Waals surface area contributed by atoms with E-state index in [4.69, 9.17) is 15.5 Å². The summed E-state index contributed by atoms with van der Waals surface area (Å²) in [6.45, 7) is 7.92. The standard InChI is InChI=1S/C22H36N4O2/c1-4-24-22(26-17(3)16(2)19-10-6-5-7-11-19)25-14-18-9-8-12-20(13-18)28-15-21(23)27/h8-9,12-13,16-17,19H,4-7,10-11,14-15H2,1-3H3,(H2,23,27)(H2,24,25,26). The minimum absolute atomic E-state index is 0.118. The van der Waals surface area contributed by atoms with Gasteiger partial charge in [-0.2, -0.15) is 0 Å². The largest absolute Gasteiger partial charge is 0.484 e. The molecule has 1 aromatic carbocycles. The topological polar surface area (TPSA) is 88.7 Å². The van der Waals surface area contributed by atoms with Gasteiger partial charge in [-0.1, -0.05) is 51.2 Å². The number of ether oxygens (including phenoxy) is 1. The fourth-order valence-electron chi connectivity index (χ4n) is 3.79. The molecular weight excluding hydrogens is 352 g/mol. The summed E-state index contributed by atoms with van der Waals surface area (Å²) >= 11 is 0. The van der Waals surface area contributed by atoms with E-state index < -0.39 is 5.91 Å². The van der Waals surface area contributed by atoms with Crippen LogP contribution in [0.4, 0.5) is 0 Å². The van der Waals surface area contributed by atoms with Crippen LogP contribution in [0, 0.1) is 11.8 Å². The van der Waals surface area contributed by atoms with Crippen LogP contribution in [0.15, 0.2) is 29.3 Å². The second kappa shape index (κ2) is 11.6. The number of hydrogen-bond acceptors (Lipinski definition) is 3. The number of nitrogens with two attached hydrogens (primary N) is 1. The minimum Gasteiger partial charge on any atom is -0.484 e. The van der Waals surface area contributed by atoms with Gasteiger partial charge in [0.1, 0.15) is 5.75 Å².